The molecule has 29 heavy (non-hydrogen) atoms. The van der Waals surface area contributed by atoms with Crippen LogP contribution in [0.5, 0.6) is 0 Å². The van der Waals surface area contributed by atoms with Gasteiger partial charge in [0.05, 0.1) is 5.60 Å². The number of hydrogen-bond acceptors (Lipinski definition) is 1. The van der Waals surface area contributed by atoms with Gasteiger partial charge in [-0.1, -0.05) is 78.2 Å². The van der Waals surface area contributed by atoms with Crippen LogP contribution >= 0.6 is 0 Å². The first kappa shape index (κ1) is 21.7. The van der Waals surface area contributed by atoms with E-state index in [-0.39, 0.29) is 5.41 Å². The maximum absolute atomic E-state index is 11.5. The van der Waals surface area contributed by atoms with Crippen LogP contribution in [0.25, 0.3) is 0 Å². The Labute approximate surface area is 180 Å². The van der Waals surface area contributed by atoms with Crippen LogP contribution in [0.2, 0.25) is 0 Å². The Hall–Kier alpha value is -0.560. The van der Waals surface area contributed by atoms with E-state index in [0.29, 0.717) is 23.2 Å². The van der Waals surface area contributed by atoms with E-state index in [9.17, 15) is 5.11 Å². The van der Waals surface area contributed by atoms with Crippen LogP contribution in [0.3, 0.4) is 0 Å². The van der Waals surface area contributed by atoms with Gasteiger partial charge >= 0.3 is 0 Å². The SMILES string of the molecule is CC(C)[C@@H](C)C=C[C@@H](C)[C@H]1CC[C@H]2C3=CC[C@@]4(O)CCCC[C@]4(C)[C@H]3CC[C@]12C. The summed E-state index contributed by atoms with van der Waals surface area (Å²) in [4.78, 5) is 0. The molecule has 4 rings (SSSR count). The summed E-state index contributed by atoms with van der Waals surface area (Å²) in [5, 5.41) is 11.5. The molecule has 0 unspecified atom stereocenters. The summed E-state index contributed by atoms with van der Waals surface area (Å²) in [6.45, 7) is 14.6. The molecule has 0 aliphatic heterocycles. The van der Waals surface area contributed by atoms with Crippen LogP contribution in [0, 0.1) is 46.3 Å². The van der Waals surface area contributed by atoms with Gasteiger partial charge in [-0.25, -0.2) is 0 Å². The molecule has 0 bridgehead atoms. The van der Waals surface area contributed by atoms with Crippen LogP contribution in [0.4, 0.5) is 0 Å². The molecule has 0 aromatic heterocycles. The standard InChI is InChI=1S/C28H46O/c1-19(2)20(3)9-10-21(4)23-11-12-24-22-13-18-28(29)16-8-7-15-27(28,6)25(22)14-17-26(23,24)5/h9-10,13,19-21,23-25,29H,7-8,11-12,14-18H2,1-6H3/t20-,21+,23+,24-,25-,26+,27+,28-/m0/s1. The Bertz CT molecular complexity index is 674. The van der Waals surface area contributed by atoms with Gasteiger partial charge in [0.1, 0.15) is 0 Å². The lowest BCUT2D eigenvalue weighted by molar-refractivity contribution is -0.144. The largest absolute Gasteiger partial charge is 0.389 e. The molecule has 4 aliphatic carbocycles. The molecule has 3 saturated carbocycles. The number of rotatable bonds is 4. The Morgan fingerprint density at radius 2 is 1.66 bits per heavy atom. The van der Waals surface area contributed by atoms with E-state index in [4.69, 9.17) is 0 Å². The highest BCUT2D eigenvalue weighted by Crippen LogP contribution is 2.67. The van der Waals surface area contributed by atoms with E-state index in [0.717, 1.165) is 30.6 Å². The molecule has 3 fully saturated rings. The summed E-state index contributed by atoms with van der Waals surface area (Å²) >= 11 is 0. The summed E-state index contributed by atoms with van der Waals surface area (Å²) in [6.07, 6.45) is 18.6. The van der Waals surface area contributed by atoms with E-state index >= 15 is 0 Å². The average Bonchev–Trinajstić information content (AvgIpc) is 3.03. The fraction of sp³-hybridized carbons (Fsp3) is 0.857. The summed E-state index contributed by atoms with van der Waals surface area (Å²) in [6, 6.07) is 0. The zero-order valence-corrected chi connectivity index (χ0v) is 20.0. The molecule has 1 heteroatoms. The van der Waals surface area contributed by atoms with Gasteiger partial charge < -0.3 is 5.11 Å². The second kappa shape index (κ2) is 7.54. The second-order valence-electron chi connectivity index (χ2n) is 12.2. The second-order valence-corrected chi connectivity index (χ2v) is 12.2. The molecule has 0 saturated heterocycles. The predicted octanol–water partition coefficient (Wildman–Crippen LogP) is 7.55. The van der Waals surface area contributed by atoms with Crippen LogP contribution in [-0.2, 0) is 0 Å². The average molecular weight is 399 g/mol. The fourth-order valence-corrected chi connectivity index (χ4v) is 8.13. The van der Waals surface area contributed by atoms with Crippen molar-refractivity contribution in [1.29, 1.82) is 0 Å². The van der Waals surface area contributed by atoms with Crippen molar-refractivity contribution in [1.82, 2.24) is 0 Å². The fourth-order valence-electron chi connectivity index (χ4n) is 8.13. The zero-order valence-electron chi connectivity index (χ0n) is 20.0. The molecule has 1 N–H and O–H groups in total. The molecule has 0 heterocycles. The lowest BCUT2D eigenvalue weighted by Crippen LogP contribution is -2.57. The minimum Gasteiger partial charge on any atom is -0.389 e. The van der Waals surface area contributed by atoms with Gasteiger partial charge in [-0.15, -0.1) is 0 Å². The van der Waals surface area contributed by atoms with Crippen LogP contribution in [0.1, 0.15) is 99.3 Å². The third-order valence-corrected chi connectivity index (χ3v) is 10.6. The zero-order chi connectivity index (χ0) is 21.0. The Balaban J connectivity index is 1.57. The highest BCUT2D eigenvalue weighted by molar-refractivity contribution is 5.30. The third kappa shape index (κ3) is 3.29. The molecular formula is C28H46O. The maximum Gasteiger partial charge on any atom is 0.0741 e. The lowest BCUT2D eigenvalue weighted by atomic mass is 9.46. The van der Waals surface area contributed by atoms with Crippen molar-refractivity contribution in [2.75, 3.05) is 0 Å². The molecular weight excluding hydrogens is 352 g/mol. The van der Waals surface area contributed by atoms with E-state index in [1.807, 2.05) is 0 Å². The first-order valence-corrected chi connectivity index (χ1v) is 12.7. The minimum atomic E-state index is -0.436. The smallest absolute Gasteiger partial charge is 0.0741 e. The Kier molecular flexibility index (Phi) is 5.63. The molecule has 164 valence electrons. The summed E-state index contributed by atoms with van der Waals surface area (Å²) in [7, 11) is 0. The third-order valence-electron chi connectivity index (χ3n) is 10.6. The van der Waals surface area contributed by atoms with Gasteiger partial charge in [-0.3, -0.25) is 0 Å². The van der Waals surface area contributed by atoms with E-state index in [1.54, 1.807) is 5.57 Å². The number of hydrogen-bond donors (Lipinski definition) is 1. The monoisotopic (exact) mass is 398 g/mol. The van der Waals surface area contributed by atoms with Crippen molar-refractivity contribution in [2.45, 2.75) is 105 Å². The molecule has 0 spiro atoms. The van der Waals surface area contributed by atoms with E-state index in [1.165, 1.54) is 44.9 Å². The highest BCUT2D eigenvalue weighted by Gasteiger charge is 2.61. The van der Waals surface area contributed by atoms with Crippen molar-refractivity contribution in [3.8, 4) is 0 Å². The summed E-state index contributed by atoms with van der Waals surface area (Å²) in [5.41, 5.74) is 1.90. The van der Waals surface area contributed by atoms with Gasteiger partial charge in [0.25, 0.3) is 0 Å². The molecule has 0 aromatic rings. The van der Waals surface area contributed by atoms with Gasteiger partial charge in [0.15, 0.2) is 0 Å². The van der Waals surface area contributed by atoms with E-state index < -0.39 is 5.60 Å². The maximum atomic E-state index is 11.5. The topological polar surface area (TPSA) is 20.2 Å². The Morgan fingerprint density at radius 1 is 0.931 bits per heavy atom. The van der Waals surface area contributed by atoms with Crippen molar-refractivity contribution in [2.24, 2.45) is 46.3 Å². The number of aliphatic hydroxyl groups is 1. The van der Waals surface area contributed by atoms with Crippen molar-refractivity contribution >= 4 is 0 Å². The molecule has 0 radical (unpaired) electrons. The lowest BCUT2D eigenvalue weighted by Gasteiger charge is -2.60. The number of allylic oxidation sites excluding steroid dienone is 3. The normalized spacial score (nSPS) is 46.8. The number of fused-ring (bicyclic) bond motifs is 5. The molecule has 0 aromatic carbocycles. The van der Waals surface area contributed by atoms with Crippen molar-refractivity contribution in [3.63, 3.8) is 0 Å². The molecule has 1 nitrogen and oxygen atoms in total. The molecule has 8 atom stereocenters. The van der Waals surface area contributed by atoms with Gasteiger partial charge in [0, 0.05) is 5.41 Å². The highest BCUT2D eigenvalue weighted by atomic mass is 16.3. The van der Waals surface area contributed by atoms with E-state index in [2.05, 4.69) is 59.8 Å². The quantitative estimate of drug-likeness (QED) is 0.484. The molecule has 0 amide bonds. The van der Waals surface area contributed by atoms with Crippen molar-refractivity contribution in [3.05, 3.63) is 23.8 Å². The summed E-state index contributed by atoms with van der Waals surface area (Å²) in [5.74, 6) is 4.27. The van der Waals surface area contributed by atoms with Gasteiger partial charge in [-0.05, 0) is 85.9 Å². The predicted molar refractivity (Wildman–Crippen MR) is 124 cm³/mol. The Morgan fingerprint density at radius 3 is 2.38 bits per heavy atom. The van der Waals surface area contributed by atoms with Gasteiger partial charge in [-0.2, -0.15) is 0 Å². The first-order valence-electron chi connectivity index (χ1n) is 12.7. The summed E-state index contributed by atoms with van der Waals surface area (Å²) < 4.78 is 0. The first-order chi connectivity index (χ1) is 13.6. The van der Waals surface area contributed by atoms with Crippen molar-refractivity contribution < 1.29 is 5.11 Å². The van der Waals surface area contributed by atoms with Gasteiger partial charge in [0.2, 0.25) is 0 Å². The van der Waals surface area contributed by atoms with Crippen LogP contribution in [0.15, 0.2) is 23.8 Å². The van der Waals surface area contributed by atoms with Crippen LogP contribution < -0.4 is 0 Å². The van der Waals surface area contributed by atoms with Crippen LogP contribution in [-0.4, -0.2) is 10.7 Å². The molecule has 4 aliphatic rings. The minimum absolute atomic E-state index is 0.118.